The summed E-state index contributed by atoms with van der Waals surface area (Å²) in [5.74, 6) is 0.366. The van der Waals surface area contributed by atoms with Crippen LogP contribution < -0.4 is 0 Å². The first-order valence-electron chi connectivity index (χ1n) is 3.35. The van der Waals surface area contributed by atoms with Gasteiger partial charge in [-0.25, -0.2) is 0 Å². The van der Waals surface area contributed by atoms with Gasteiger partial charge in [-0.05, 0) is 13.0 Å². The van der Waals surface area contributed by atoms with E-state index < -0.39 is 0 Å². The molecule has 2 aliphatic rings. The van der Waals surface area contributed by atoms with Crippen LogP contribution in [0.4, 0.5) is 0 Å². The third-order valence-corrected chi connectivity index (χ3v) is 1.77. The molecule has 0 aromatic heterocycles. The van der Waals surface area contributed by atoms with E-state index in [1.807, 2.05) is 25.2 Å². The fourth-order valence-corrected chi connectivity index (χ4v) is 1.18. The second kappa shape index (κ2) is 1.90. The molecule has 0 bridgehead atoms. The van der Waals surface area contributed by atoms with Crippen LogP contribution in [0.3, 0.4) is 0 Å². The SMILES string of the molecule is CC1=NN=C2C=CC=CC12. The number of hydrogen-bond donors (Lipinski definition) is 0. The zero-order valence-corrected chi connectivity index (χ0v) is 5.78. The Labute approximate surface area is 59.7 Å². The first-order chi connectivity index (χ1) is 4.88. The molecule has 0 N–H and O–H groups in total. The summed E-state index contributed by atoms with van der Waals surface area (Å²) in [6, 6.07) is 0. The number of hydrogen-bond acceptors (Lipinski definition) is 2. The van der Waals surface area contributed by atoms with Crippen LogP contribution in [0, 0.1) is 5.92 Å². The van der Waals surface area contributed by atoms with Crippen molar-refractivity contribution in [1.82, 2.24) is 0 Å². The van der Waals surface area contributed by atoms with E-state index in [0.717, 1.165) is 11.4 Å². The Bertz CT molecular complexity index is 269. The first kappa shape index (κ1) is 5.59. The third-order valence-electron chi connectivity index (χ3n) is 1.77. The molecule has 10 heavy (non-hydrogen) atoms. The third kappa shape index (κ3) is 0.652. The van der Waals surface area contributed by atoms with Gasteiger partial charge in [0.15, 0.2) is 0 Å². The minimum Gasteiger partial charge on any atom is -0.159 e. The summed E-state index contributed by atoms with van der Waals surface area (Å²) < 4.78 is 0. The minimum atomic E-state index is 0.366. The Kier molecular flexibility index (Phi) is 1.07. The Morgan fingerprint density at radius 2 is 2.20 bits per heavy atom. The average molecular weight is 132 g/mol. The van der Waals surface area contributed by atoms with Crippen LogP contribution in [0.15, 0.2) is 34.5 Å². The molecular weight excluding hydrogens is 124 g/mol. The predicted molar refractivity (Wildman–Crippen MR) is 42.3 cm³/mol. The molecule has 2 heteroatoms. The van der Waals surface area contributed by atoms with Crippen molar-refractivity contribution in [3.8, 4) is 0 Å². The molecule has 2 nitrogen and oxygen atoms in total. The van der Waals surface area contributed by atoms with E-state index in [-0.39, 0.29) is 0 Å². The number of allylic oxidation sites excluding steroid dienone is 4. The van der Waals surface area contributed by atoms with E-state index in [9.17, 15) is 0 Å². The normalized spacial score (nSPS) is 27.9. The smallest absolute Gasteiger partial charge is 0.0756 e. The number of rotatable bonds is 0. The maximum Gasteiger partial charge on any atom is 0.0756 e. The molecule has 1 unspecified atom stereocenters. The van der Waals surface area contributed by atoms with E-state index in [1.165, 1.54) is 0 Å². The Hall–Kier alpha value is -1.18. The highest BCUT2D eigenvalue weighted by atomic mass is 15.2. The van der Waals surface area contributed by atoms with Crippen LogP contribution in [-0.2, 0) is 0 Å². The molecule has 50 valence electrons. The largest absolute Gasteiger partial charge is 0.159 e. The lowest BCUT2D eigenvalue weighted by Crippen LogP contribution is -2.14. The lowest BCUT2D eigenvalue weighted by molar-refractivity contribution is 1.23. The van der Waals surface area contributed by atoms with E-state index in [0.29, 0.717) is 5.92 Å². The molecular formula is C8H8N2. The fraction of sp³-hybridized carbons (Fsp3) is 0.250. The van der Waals surface area contributed by atoms with Crippen molar-refractivity contribution in [2.45, 2.75) is 6.92 Å². The summed E-state index contributed by atoms with van der Waals surface area (Å²) >= 11 is 0. The summed E-state index contributed by atoms with van der Waals surface area (Å²) in [6.45, 7) is 2.00. The lowest BCUT2D eigenvalue weighted by atomic mass is 9.95. The molecule has 0 spiro atoms. The van der Waals surface area contributed by atoms with Gasteiger partial charge in [-0.3, -0.25) is 0 Å². The quantitative estimate of drug-likeness (QED) is 0.478. The summed E-state index contributed by atoms with van der Waals surface area (Å²) in [5, 5.41) is 7.99. The van der Waals surface area contributed by atoms with Gasteiger partial charge in [0.1, 0.15) is 0 Å². The van der Waals surface area contributed by atoms with Gasteiger partial charge in [-0.1, -0.05) is 18.2 Å². The first-order valence-corrected chi connectivity index (χ1v) is 3.35. The van der Waals surface area contributed by atoms with Crippen LogP contribution in [-0.4, -0.2) is 11.4 Å². The standard InChI is InChI=1S/C8H8N2/c1-6-7-4-2-3-5-8(7)10-9-6/h2-5,7H,1H3. The minimum absolute atomic E-state index is 0.366. The Balaban J connectivity index is 2.39. The second-order valence-corrected chi connectivity index (χ2v) is 2.49. The zero-order valence-electron chi connectivity index (χ0n) is 5.78. The van der Waals surface area contributed by atoms with Crippen molar-refractivity contribution in [3.63, 3.8) is 0 Å². The maximum absolute atomic E-state index is 4.01. The number of nitrogens with zero attached hydrogens (tertiary/aromatic N) is 2. The Morgan fingerprint density at radius 3 is 3.00 bits per heavy atom. The van der Waals surface area contributed by atoms with Crippen molar-refractivity contribution in [2.75, 3.05) is 0 Å². The summed E-state index contributed by atoms with van der Waals surface area (Å²) in [6.07, 6.45) is 8.15. The maximum atomic E-state index is 4.01. The van der Waals surface area contributed by atoms with Gasteiger partial charge in [0, 0.05) is 0 Å². The van der Waals surface area contributed by atoms with Gasteiger partial charge in [0.2, 0.25) is 0 Å². The van der Waals surface area contributed by atoms with Crippen LogP contribution >= 0.6 is 0 Å². The molecule has 0 radical (unpaired) electrons. The fourth-order valence-electron chi connectivity index (χ4n) is 1.18. The van der Waals surface area contributed by atoms with Crippen molar-refractivity contribution < 1.29 is 0 Å². The van der Waals surface area contributed by atoms with Crippen molar-refractivity contribution in [2.24, 2.45) is 16.1 Å². The topological polar surface area (TPSA) is 24.7 Å². The molecule has 1 heterocycles. The lowest BCUT2D eigenvalue weighted by Gasteiger charge is -2.06. The molecule has 1 atom stereocenters. The van der Waals surface area contributed by atoms with E-state index in [2.05, 4.69) is 16.3 Å². The molecule has 0 fully saturated rings. The highest BCUT2D eigenvalue weighted by molar-refractivity contribution is 6.16. The van der Waals surface area contributed by atoms with E-state index >= 15 is 0 Å². The molecule has 0 aromatic rings. The molecule has 1 aliphatic heterocycles. The predicted octanol–water partition coefficient (Wildman–Crippen LogP) is 1.56. The van der Waals surface area contributed by atoms with Gasteiger partial charge in [0.05, 0.1) is 17.3 Å². The number of fused-ring (bicyclic) bond motifs is 1. The molecule has 2 rings (SSSR count). The van der Waals surface area contributed by atoms with Crippen molar-refractivity contribution >= 4 is 11.4 Å². The monoisotopic (exact) mass is 132 g/mol. The van der Waals surface area contributed by atoms with Crippen molar-refractivity contribution in [1.29, 1.82) is 0 Å². The zero-order chi connectivity index (χ0) is 6.97. The summed E-state index contributed by atoms with van der Waals surface area (Å²) in [4.78, 5) is 0. The average Bonchev–Trinajstić information content (AvgIpc) is 2.34. The van der Waals surface area contributed by atoms with Gasteiger partial charge in [-0.15, -0.1) is 0 Å². The second-order valence-electron chi connectivity index (χ2n) is 2.49. The molecule has 1 aliphatic carbocycles. The Morgan fingerprint density at radius 1 is 1.30 bits per heavy atom. The van der Waals surface area contributed by atoms with Crippen LogP contribution in [0.25, 0.3) is 0 Å². The highest BCUT2D eigenvalue weighted by Crippen LogP contribution is 2.16. The van der Waals surface area contributed by atoms with Crippen LogP contribution in [0.1, 0.15) is 6.92 Å². The molecule has 0 saturated heterocycles. The van der Waals surface area contributed by atoms with Gasteiger partial charge in [0.25, 0.3) is 0 Å². The van der Waals surface area contributed by atoms with Gasteiger partial charge >= 0.3 is 0 Å². The molecule has 0 aromatic carbocycles. The van der Waals surface area contributed by atoms with Crippen LogP contribution in [0.5, 0.6) is 0 Å². The molecule has 0 saturated carbocycles. The summed E-state index contributed by atoms with van der Waals surface area (Å²) in [7, 11) is 0. The highest BCUT2D eigenvalue weighted by Gasteiger charge is 2.20. The van der Waals surface area contributed by atoms with Gasteiger partial charge < -0.3 is 0 Å². The van der Waals surface area contributed by atoms with Gasteiger partial charge in [-0.2, -0.15) is 10.2 Å². The van der Waals surface area contributed by atoms with E-state index in [4.69, 9.17) is 0 Å². The summed E-state index contributed by atoms with van der Waals surface area (Å²) in [5.41, 5.74) is 2.16. The van der Waals surface area contributed by atoms with Crippen LogP contribution in [0.2, 0.25) is 0 Å². The molecule has 0 amide bonds. The van der Waals surface area contributed by atoms with E-state index in [1.54, 1.807) is 0 Å². The van der Waals surface area contributed by atoms with Crippen molar-refractivity contribution in [3.05, 3.63) is 24.3 Å².